The van der Waals surface area contributed by atoms with Crippen molar-refractivity contribution in [3.63, 3.8) is 0 Å². The van der Waals surface area contributed by atoms with E-state index >= 15 is 0 Å². The first-order chi connectivity index (χ1) is 12.3. The van der Waals surface area contributed by atoms with E-state index in [1.165, 1.54) is 5.56 Å². The van der Waals surface area contributed by atoms with Gasteiger partial charge in [-0.1, -0.05) is 30.3 Å². The minimum Gasteiger partial charge on any atom is -0.342 e. The molecule has 1 aliphatic heterocycles. The van der Waals surface area contributed by atoms with Crippen LogP contribution in [-0.4, -0.2) is 33.9 Å². The summed E-state index contributed by atoms with van der Waals surface area (Å²) in [4.78, 5) is 23.3. The minimum absolute atomic E-state index is 0.168. The highest BCUT2D eigenvalue weighted by Gasteiger charge is 2.27. The second-order valence-corrected chi connectivity index (χ2v) is 7.16. The number of carbonyl (C=O) groups is 1. The van der Waals surface area contributed by atoms with Crippen molar-refractivity contribution in [3.8, 4) is 10.6 Å². The van der Waals surface area contributed by atoms with E-state index in [0.29, 0.717) is 12.3 Å². The number of hydrogen-bond acceptors (Lipinski definition) is 4. The van der Waals surface area contributed by atoms with Gasteiger partial charge >= 0.3 is 0 Å². The molecule has 4 rings (SSSR count). The van der Waals surface area contributed by atoms with Crippen molar-refractivity contribution in [1.82, 2.24) is 14.9 Å². The number of rotatable bonds is 4. The monoisotopic (exact) mass is 349 g/mol. The van der Waals surface area contributed by atoms with E-state index in [0.717, 1.165) is 35.8 Å². The van der Waals surface area contributed by atoms with Gasteiger partial charge in [-0.2, -0.15) is 0 Å². The zero-order valence-electron chi connectivity index (χ0n) is 13.8. The standard InChI is InChI=1S/C20H19N3OS/c24-19(23-10-8-17(13-23)15-5-2-1-3-6-15)11-18-14-25-20(22-18)16-7-4-9-21-12-16/h1-7,9,12,14,17H,8,10-11,13H2/t17-/m1/s1. The van der Waals surface area contributed by atoms with E-state index in [1.54, 1.807) is 23.7 Å². The van der Waals surface area contributed by atoms with Crippen LogP contribution in [0.4, 0.5) is 0 Å². The van der Waals surface area contributed by atoms with E-state index in [4.69, 9.17) is 0 Å². The Labute approximate surface area is 151 Å². The Hall–Kier alpha value is -2.53. The fourth-order valence-corrected chi connectivity index (χ4v) is 4.07. The third-order valence-corrected chi connectivity index (χ3v) is 5.54. The van der Waals surface area contributed by atoms with E-state index in [1.807, 2.05) is 28.5 Å². The number of likely N-dealkylation sites (tertiary alicyclic amines) is 1. The molecule has 0 saturated carbocycles. The maximum atomic E-state index is 12.6. The van der Waals surface area contributed by atoms with Crippen molar-refractivity contribution in [2.45, 2.75) is 18.8 Å². The van der Waals surface area contributed by atoms with Crippen LogP contribution < -0.4 is 0 Å². The highest BCUT2D eigenvalue weighted by Crippen LogP contribution is 2.28. The number of thiazole rings is 1. The molecule has 0 radical (unpaired) electrons. The van der Waals surface area contributed by atoms with E-state index in [2.05, 4.69) is 34.2 Å². The Morgan fingerprint density at radius 2 is 2.08 bits per heavy atom. The van der Waals surface area contributed by atoms with Crippen molar-refractivity contribution >= 4 is 17.2 Å². The Morgan fingerprint density at radius 1 is 1.20 bits per heavy atom. The number of pyridine rings is 1. The summed E-state index contributed by atoms with van der Waals surface area (Å²) in [5.74, 6) is 0.619. The Morgan fingerprint density at radius 3 is 2.88 bits per heavy atom. The number of carbonyl (C=O) groups excluding carboxylic acids is 1. The molecular weight excluding hydrogens is 330 g/mol. The number of aromatic nitrogens is 2. The van der Waals surface area contributed by atoms with Gasteiger partial charge in [0.2, 0.25) is 5.91 Å². The lowest BCUT2D eigenvalue weighted by molar-refractivity contribution is -0.129. The summed E-state index contributed by atoms with van der Waals surface area (Å²) in [7, 11) is 0. The summed E-state index contributed by atoms with van der Waals surface area (Å²) >= 11 is 1.56. The van der Waals surface area contributed by atoms with Gasteiger partial charge in [-0.15, -0.1) is 11.3 Å². The Bertz CT molecular complexity index is 848. The molecule has 2 aromatic heterocycles. The molecule has 1 saturated heterocycles. The van der Waals surface area contributed by atoms with Crippen LogP contribution in [0.1, 0.15) is 23.6 Å². The van der Waals surface area contributed by atoms with E-state index < -0.39 is 0 Å². The predicted molar refractivity (Wildman–Crippen MR) is 99.4 cm³/mol. The van der Waals surface area contributed by atoms with Crippen molar-refractivity contribution in [3.05, 3.63) is 71.5 Å². The molecule has 25 heavy (non-hydrogen) atoms. The molecule has 4 nitrogen and oxygen atoms in total. The highest BCUT2D eigenvalue weighted by atomic mass is 32.1. The highest BCUT2D eigenvalue weighted by molar-refractivity contribution is 7.13. The molecule has 126 valence electrons. The maximum absolute atomic E-state index is 12.6. The molecular formula is C20H19N3OS. The van der Waals surface area contributed by atoms with Crippen LogP contribution >= 0.6 is 11.3 Å². The van der Waals surface area contributed by atoms with Crippen LogP contribution in [0.15, 0.2) is 60.2 Å². The van der Waals surface area contributed by atoms with Crippen LogP contribution in [0.25, 0.3) is 10.6 Å². The average molecular weight is 349 g/mol. The number of nitrogens with zero attached hydrogens (tertiary/aromatic N) is 3. The zero-order valence-corrected chi connectivity index (χ0v) is 14.7. The van der Waals surface area contributed by atoms with Gasteiger partial charge in [-0.05, 0) is 24.1 Å². The van der Waals surface area contributed by atoms with Crippen LogP contribution in [0.3, 0.4) is 0 Å². The number of hydrogen-bond donors (Lipinski definition) is 0. The van der Waals surface area contributed by atoms with Crippen LogP contribution in [0, 0.1) is 0 Å². The van der Waals surface area contributed by atoms with Crippen LogP contribution in [0.5, 0.6) is 0 Å². The lowest BCUT2D eigenvalue weighted by Crippen LogP contribution is -2.30. The molecule has 1 aliphatic rings. The molecule has 1 amide bonds. The van der Waals surface area contributed by atoms with Crippen LogP contribution in [0.2, 0.25) is 0 Å². The summed E-state index contributed by atoms with van der Waals surface area (Å²) in [5.41, 5.74) is 3.17. The third-order valence-electron chi connectivity index (χ3n) is 4.60. The molecule has 5 heteroatoms. The first-order valence-corrected chi connectivity index (χ1v) is 9.35. The number of benzene rings is 1. The van der Waals surface area contributed by atoms with Crippen LogP contribution in [-0.2, 0) is 11.2 Å². The zero-order chi connectivity index (χ0) is 17.1. The fraction of sp³-hybridized carbons (Fsp3) is 0.250. The lowest BCUT2D eigenvalue weighted by Gasteiger charge is -2.16. The maximum Gasteiger partial charge on any atom is 0.228 e. The molecule has 0 spiro atoms. The summed E-state index contributed by atoms with van der Waals surface area (Å²) in [6.07, 6.45) is 4.96. The van der Waals surface area contributed by atoms with Gasteiger partial charge in [-0.25, -0.2) is 4.98 Å². The summed E-state index contributed by atoms with van der Waals surface area (Å²) < 4.78 is 0. The van der Waals surface area contributed by atoms with Gasteiger partial charge in [0.25, 0.3) is 0 Å². The van der Waals surface area contributed by atoms with Gasteiger partial charge in [0, 0.05) is 42.3 Å². The van der Waals surface area contributed by atoms with Crippen molar-refractivity contribution in [2.75, 3.05) is 13.1 Å². The SMILES string of the molecule is O=C(Cc1csc(-c2cccnc2)n1)N1CC[C@@H](c2ccccc2)C1. The van der Waals surface area contributed by atoms with Gasteiger partial charge in [0.1, 0.15) is 5.01 Å². The number of amides is 1. The molecule has 0 N–H and O–H groups in total. The molecule has 0 unspecified atom stereocenters. The molecule has 0 aliphatic carbocycles. The summed E-state index contributed by atoms with van der Waals surface area (Å²) in [6.45, 7) is 1.64. The van der Waals surface area contributed by atoms with Crippen molar-refractivity contribution in [1.29, 1.82) is 0 Å². The van der Waals surface area contributed by atoms with Gasteiger partial charge in [0.05, 0.1) is 12.1 Å². The summed E-state index contributed by atoms with van der Waals surface area (Å²) in [6, 6.07) is 14.4. The Kier molecular flexibility index (Phi) is 4.57. The molecule has 1 aromatic carbocycles. The lowest BCUT2D eigenvalue weighted by atomic mass is 9.99. The normalized spacial score (nSPS) is 17.0. The van der Waals surface area contributed by atoms with E-state index in [-0.39, 0.29) is 5.91 Å². The minimum atomic E-state index is 0.168. The molecule has 3 aromatic rings. The average Bonchev–Trinajstić information content (AvgIpc) is 3.33. The first-order valence-electron chi connectivity index (χ1n) is 8.47. The van der Waals surface area contributed by atoms with E-state index in [9.17, 15) is 4.79 Å². The largest absolute Gasteiger partial charge is 0.342 e. The summed E-state index contributed by atoms with van der Waals surface area (Å²) in [5, 5.41) is 2.89. The topological polar surface area (TPSA) is 46.1 Å². The molecule has 1 fully saturated rings. The molecule has 1 atom stereocenters. The van der Waals surface area contributed by atoms with Gasteiger partial charge in [0.15, 0.2) is 0 Å². The first kappa shape index (κ1) is 16.0. The second kappa shape index (κ2) is 7.15. The van der Waals surface area contributed by atoms with Crippen molar-refractivity contribution < 1.29 is 4.79 Å². The third kappa shape index (κ3) is 3.61. The smallest absolute Gasteiger partial charge is 0.228 e. The fourth-order valence-electron chi connectivity index (χ4n) is 3.26. The second-order valence-electron chi connectivity index (χ2n) is 6.30. The molecule has 0 bridgehead atoms. The van der Waals surface area contributed by atoms with Crippen molar-refractivity contribution in [2.24, 2.45) is 0 Å². The van der Waals surface area contributed by atoms with Gasteiger partial charge in [-0.3, -0.25) is 9.78 Å². The Balaban J connectivity index is 1.39. The molecule has 3 heterocycles. The quantitative estimate of drug-likeness (QED) is 0.720. The van der Waals surface area contributed by atoms with Gasteiger partial charge < -0.3 is 4.90 Å². The predicted octanol–water partition coefficient (Wildman–Crippen LogP) is 3.76.